The average Bonchev–Trinajstić information content (AvgIpc) is 3.59. The van der Waals surface area contributed by atoms with E-state index in [4.69, 9.17) is 4.98 Å². The molecule has 180 valence electrons. The molecule has 0 saturated heterocycles. The van der Waals surface area contributed by atoms with Gasteiger partial charge >= 0.3 is 0 Å². The van der Waals surface area contributed by atoms with Crippen molar-refractivity contribution in [3.8, 4) is 5.69 Å². The highest BCUT2D eigenvalue weighted by Crippen LogP contribution is 2.37. The molecule has 0 spiro atoms. The lowest BCUT2D eigenvalue weighted by Crippen LogP contribution is -2.16. The third-order valence-electron chi connectivity index (χ3n) is 7.77. The summed E-state index contributed by atoms with van der Waals surface area (Å²) in [6, 6.07) is 10.1. The van der Waals surface area contributed by atoms with E-state index in [-0.39, 0.29) is 12.0 Å². The number of aryl methyl sites for hydroxylation is 1. The van der Waals surface area contributed by atoms with Crippen LogP contribution in [0.2, 0.25) is 0 Å². The van der Waals surface area contributed by atoms with Crippen LogP contribution in [0.25, 0.3) is 27.8 Å². The van der Waals surface area contributed by atoms with Gasteiger partial charge in [0.2, 0.25) is 0 Å². The lowest BCUT2D eigenvalue weighted by Gasteiger charge is -2.13. The SMILES string of the molecule is Cc1ccc2cc(-n3nnc4cnc(C[C@@H]5CC[C@@H](C(=O)C[C@H]6CC[C@H](O)C6)C5)nc43)ccc2n1. The number of aromatic nitrogens is 6. The maximum atomic E-state index is 12.8. The number of fused-ring (bicyclic) bond motifs is 2. The normalized spacial score (nSPS) is 24.5. The van der Waals surface area contributed by atoms with Crippen LogP contribution in [0.15, 0.2) is 36.5 Å². The summed E-state index contributed by atoms with van der Waals surface area (Å²) < 4.78 is 1.76. The molecule has 6 rings (SSSR count). The van der Waals surface area contributed by atoms with Crippen molar-refractivity contribution in [1.82, 2.24) is 29.9 Å². The molecule has 1 N–H and O–H groups in total. The van der Waals surface area contributed by atoms with Gasteiger partial charge in [0.25, 0.3) is 0 Å². The van der Waals surface area contributed by atoms with Gasteiger partial charge < -0.3 is 5.11 Å². The zero-order valence-corrected chi connectivity index (χ0v) is 20.0. The highest BCUT2D eigenvalue weighted by Gasteiger charge is 2.33. The van der Waals surface area contributed by atoms with Crippen molar-refractivity contribution < 1.29 is 9.90 Å². The van der Waals surface area contributed by atoms with Gasteiger partial charge in [-0.1, -0.05) is 11.3 Å². The molecule has 2 aliphatic rings. The lowest BCUT2D eigenvalue weighted by molar-refractivity contribution is -0.123. The maximum Gasteiger partial charge on any atom is 0.187 e. The molecule has 3 aromatic heterocycles. The van der Waals surface area contributed by atoms with Gasteiger partial charge in [0.1, 0.15) is 11.6 Å². The van der Waals surface area contributed by atoms with Gasteiger partial charge in [-0.2, -0.15) is 4.68 Å². The van der Waals surface area contributed by atoms with Crippen molar-refractivity contribution in [2.24, 2.45) is 17.8 Å². The zero-order valence-electron chi connectivity index (χ0n) is 20.0. The second-order valence-electron chi connectivity index (χ2n) is 10.4. The van der Waals surface area contributed by atoms with E-state index in [1.165, 1.54) is 0 Å². The molecule has 2 aliphatic carbocycles. The van der Waals surface area contributed by atoms with E-state index in [0.717, 1.165) is 73.1 Å². The number of pyridine rings is 1. The molecule has 35 heavy (non-hydrogen) atoms. The van der Waals surface area contributed by atoms with Gasteiger partial charge in [0.15, 0.2) is 11.2 Å². The number of ketones is 1. The van der Waals surface area contributed by atoms with Crippen LogP contribution in [0.5, 0.6) is 0 Å². The second kappa shape index (κ2) is 9.07. The standard InChI is InChI=1S/C27H30N6O2/c1-16-2-5-19-14-21(7-9-23(19)29-16)33-27-24(31-32-33)15-28-26(30-27)13-17-3-6-20(10-17)25(35)12-18-4-8-22(34)11-18/h2,5,7,9,14-15,17-18,20,22,34H,3-4,6,8,10-13H2,1H3/t17-,18+,20-,22+/m1/s1. The van der Waals surface area contributed by atoms with E-state index < -0.39 is 0 Å². The molecule has 0 radical (unpaired) electrons. The molecule has 0 bridgehead atoms. The Hall–Kier alpha value is -3.26. The monoisotopic (exact) mass is 470 g/mol. The van der Waals surface area contributed by atoms with E-state index in [2.05, 4.69) is 26.3 Å². The fraction of sp³-hybridized carbons (Fsp3) is 0.481. The number of benzene rings is 1. The number of aliphatic hydroxyl groups excluding tert-OH is 1. The summed E-state index contributed by atoms with van der Waals surface area (Å²) in [5.74, 6) is 2.07. The largest absolute Gasteiger partial charge is 0.393 e. The van der Waals surface area contributed by atoms with Crippen LogP contribution in [-0.2, 0) is 11.2 Å². The number of carbonyl (C=O) groups is 1. The number of nitrogens with zero attached hydrogens (tertiary/aromatic N) is 6. The highest BCUT2D eigenvalue weighted by atomic mass is 16.3. The Kier molecular flexibility index (Phi) is 5.76. The van der Waals surface area contributed by atoms with Gasteiger partial charge in [-0.25, -0.2) is 9.97 Å². The molecule has 0 unspecified atom stereocenters. The van der Waals surface area contributed by atoms with E-state index in [1.807, 2.05) is 31.2 Å². The predicted octanol–water partition coefficient (Wildman–Crippen LogP) is 4.15. The Morgan fingerprint density at radius 1 is 1.03 bits per heavy atom. The van der Waals surface area contributed by atoms with Crippen LogP contribution in [0, 0.1) is 24.7 Å². The van der Waals surface area contributed by atoms with Crippen LogP contribution >= 0.6 is 0 Å². The first kappa shape index (κ1) is 22.2. The Labute approximate surface area is 203 Å². The molecule has 4 aromatic rings. The van der Waals surface area contributed by atoms with Crippen LogP contribution in [0.3, 0.4) is 0 Å². The Morgan fingerprint density at radius 3 is 2.77 bits per heavy atom. The number of Topliss-reactive ketones (excluding diaryl/α,β-unsaturated/α-hetero) is 1. The topological polar surface area (TPSA) is 107 Å². The van der Waals surface area contributed by atoms with E-state index >= 15 is 0 Å². The summed E-state index contributed by atoms with van der Waals surface area (Å²) in [5.41, 5.74) is 4.18. The minimum Gasteiger partial charge on any atom is -0.393 e. The minimum absolute atomic E-state index is 0.142. The van der Waals surface area contributed by atoms with Crippen molar-refractivity contribution in [3.05, 3.63) is 48.0 Å². The van der Waals surface area contributed by atoms with E-state index in [1.54, 1.807) is 10.9 Å². The zero-order chi connectivity index (χ0) is 23.9. The van der Waals surface area contributed by atoms with Crippen molar-refractivity contribution >= 4 is 27.9 Å². The minimum atomic E-state index is -0.213. The maximum absolute atomic E-state index is 12.8. The fourth-order valence-electron chi connectivity index (χ4n) is 5.88. The van der Waals surface area contributed by atoms with Gasteiger partial charge in [-0.15, -0.1) is 5.10 Å². The first-order valence-electron chi connectivity index (χ1n) is 12.7. The smallest absolute Gasteiger partial charge is 0.187 e. The highest BCUT2D eigenvalue weighted by molar-refractivity contribution is 5.82. The molecule has 2 fully saturated rings. The second-order valence-corrected chi connectivity index (χ2v) is 10.4. The number of rotatable bonds is 6. The number of hydrogen-bond donors (Lipinski definition) is 1. The molecule has 3 heterocycles. The molecule has 8 nitrogen and oxygen atoms in total. The number of hydrogen-bond acceptors (Lipinski definition) is 7. The van der Waals surface area contributed by atoms with Crippen LogP contribution in [0.1, 0.15) is 56.5 Å². The van der Waals surface area contributed by atoms with Gasteiger partial charge in [-0.3, -0.25) is 9.78 Å². The van der Waals surface area contributed by atoms with E-state index in [0.29, 0.717) is 35.2 Å². The van der Waals surface area contributed by atoms with Gasteiger partial charge in [0, 0.05) is 29.8 Å². The Balaban J connectivity index is 1.17. The first-order chi connectivity index (χ1) is 17.0. The van der Waals surface area contributed by atoms with Crippen molar-refractivity contribution in [2.75, 3.05) is 0 Å². The molecular weight excluding hydrogens is 440 g/mol. The third kappa shape index (κ3) is 4.55. The molecule has 1 aromatic carbocycles. The molecule has 2 saturated carbocycles. The summed E-state index contributed by atoms with van der Waals surface area (Å²) in [6.45, 7) is 1.99. The Morgan fingerprint density at radius 2 is 1.91 bits per heavy atom. The molecule has 0 aliphatic heterocycles. The number of carbonyl (C=O) groups excluding carboxylic acids is 1. The van der Waals surface area contributed by atoms with Gasteiger partial charge in [0.05, 0.1) is 23.5 Å². The van der Waals surface area contributed by atoms with Crippen LogP contribution in [0.4, 0.5) is 0 Å². The number of aliphatic hydroxyl groups is 1. The van der Waals surface area contributed by atoms with E-state index in [9.17, 15) is 9.90 Å². The first-order valence-corrected chi connectivity index (χ1v) is 12.7. The predicted molar refractivity (Wildman–Crippen MR) is 132 cm³/mol. The molecular formula is C27H30N6O2. The van der Waals surface area contributed by atoms with Crippen molar-refractivity contribution in [2.45, 2.75) is 64.4 Å². The molecule has 8 heteroatoms. The summed E-state index contributed by atoms with van der Waals surface area (Å²) in [6.07, 6.45) is 8.40. The van der Waals surface area contributed by atoms with Crippen LogP contribution < -0.4 is 0 Å². The summed E-state index contributed by atoms with van der Waals surface area (Å²) in [5, 5.41) is 19.4. The summed E-state index contributed by atoms with van der Waals surface area (Å²) in [7, 11) is 0. The summed E-state index contributed by atoms with van der Waals surface area (Å²) >= 11 is 0. The van der Waals surface area contributed by atoms with Crippen molar-refractivity contribution in [3.63, 3.8) is 0 Å². The molecule has 0 amide bonds. The Bertz CT molecular complexity index is 1400. The third-order valence-corrected chi connectivity index (χ3v) is 7.77. The van der Waals surface area contributed by atoms with Crippen molar-refractivity contribution in [1.29, 1.82) is 0 Å². The quantitative estimate of drug-likeness (QED) is 0.451. The summed E-state index contributed by atoms with van der Waals surface area (Å²) in [4.78, 5) is 26.8. The average molecular weight is 471 g/mol. The lowest BCUT2D eigenvalue weighted by atomic mass is 9.91. The van der Waals surface area contributed by atoms with Crippen LogP contribution in [-0.4, -0.2) is 46.9 Å². The van der Waals surface area contributed by atoms with Gasteiger partial charge in [-0.05, 0) is 81.5 Å². The fourth-order valence-corrected chi connectivity index (χ4v) is 5.88. The molecule has 4 atom stereocenters.